The molecule has 0 aliphatic heterocycles. The van der Waals surface area contributed by atoms with Gasteiger partial charge in [0.05, 0.1) is 25.3 Å². The van der Waals surface area contributed by atoms with Gasteiger partial charge in [-0.1, -0.05) is 0 Å². The van der Waals surface area contributed by atoms with Crippen LogP contribution in [0.5, 0.6) is 11.5 Å². The van der Waals surface area contributed by atoms with E-state index < -0.39 is 5.63 Å². The van der Waals surface area contributed by atoms with E-state index in [2.05, 4.69) is 0 Å². The quantitative estimate of drug-likeness (QED) is 0.612. The Morgan fingerprint density at radius 3 is 2.50 bits per heavy atom. The fraction of sp³-hybridized carbons (Fsp3) is 0.182. The zero-order valence-electron chi connectivity index (χ0n) is 8.94. The summed E-state index contributed by atoms with van der Waals surface area (Å²) in [6.07, 6.45) is 0. The minimum Gasteiger partial charge on any atom is -0.492 e. The van der Waals surface area contributed by atoms with Gasteiger partial charge in [0.25, 0.3) is 0 Å². The molecule has 0 saturated heterocycles. The van der Waals surface area contributed by atoms with E-state index in [4.69, 9.17) is 19.6 Å². The van der Waals surface area contributed by atoms with Crippen LogP contribution in [0.25, 0.3) is 11.0 Å². The highest BCUT2D eigenvalue weighted by atomic mass is 16.5. The number of hydrogen-bond donors (Lipinski definition) is 1. The lowest BCUT2D eigenvalue weighted by atomic mass is 10.2. The number of nitrogens with two attached hydrogens (primary N) is 1. The summed E-state index contributed by atoms with van der Waals surface area (Å²) in [5.41, 5.74) is 6.06. The van der Waals surface area contributed by atoms with Crippen molar-refractivity contribution in [2.75, 3.05) is 20.0 Å². The van der Waals surface area contributed by atoms with Crippen molar-refractivity contribution in [1.29, 1.82) is 0 Å². The Morgan fingerprint density at radius 1 is 1.19 bits per heavy atom. The Hall–Kier alpha value is -2.17. The molecule has 0 spiro atoms. The van der Waals surface area contributed by atoms with Crippen molar-refractivity contribution in [3.8, 4) is 11.5 Å². The topological polar surface area (TPSA) is 74.7 Å². The van der Waals surface area contributed by atoms with Gasteiger partial charge in [0, 0.05) is 12.1 Å². The van der Waals surface area contributed by atoms with E-state index in [1.165, 1.54) is 26.4 Å². The second-order valence-electron chi connectivity index (χ2n) is 3.20. The highest BCUT2D eigenvalue weighted by Crippen LogP contribution is 2.39. The third kappa shape index (κ3) is 1.46. The largest absolute Gasteiger partial charge is 0.492 e. The molecule has 0 amide bonds. The third-order valence-corrected chi connectivity index (χ3v) is 2.27. The Morgan fingerprint density at radius 2 is 1.88 bits per heavy atom. The predicted octanol–water partition coefficient (Wildman–Crippen LogP) is 1.39. The smallest absolute Gasteiger partial charge is 0.336 e. The van der Waals surface area contributed by atoms with Crippen molar-refractivity contribution in [1.82, 2.24) is 0 Å². The molecular formula is C11H11NO4. The standard InChI is InChI=1S/C11H11NO4/c1-14-10-6-3-4-9(13)16-8(6)5-7(12)11(10)15-2/h3-5H,12H2,1-2H3. The number of ether oxygens (including phenoxy) is 2. The second kappa shape index (κ2) is 3.77. The fourth-order valence-electron chi connectivity index (χ4n) is 1.60. The Bertz CT molecular complexity index is 588. The first-order chi connectivity index (χ1) is 7.67. The minimum absolute atomic E-state index is 0.362. The maximum absolute atomic E-state index is 11.1. The molecule has 0 atom stereocenters. The van der Waals surface area contributed by atoms with Gasteiger partial charge in [0.15, 0.2) is 11.5 Å². The molecule has 0 fully saturated rings. The Kier molecular flexibility index (Phi) is 2.44. The normalized spacial score (nSPS) is 10.4. The van der Waals surface area contributed by atoms with Gasteiger partial charge < -0.3 is 19.6 Å². The summed E-state index contributed by atoms with van der Waals surface area (Å²) >= 11 is 0. The molecule has 2 aromatic rings. The van der Waals surface area contributed by atoms with Crippen LogP contribution in [0.2, 0.25) is 0 Å². The van der Waals surface area contributed by atoms with Gasteiger partial charge in [-0.15, -0.1) is 0 Å². The van der Waals surface area contributed by atoms with Gasteiger partial charge in [-0.3, -0.25) is 0 Å². The van der Waals surface area contributed by atoms with E-state index in [-0.39, 0.29) is 0 Å². The monoisotopic (exact) mass is 221 g/mol. The molecule has 5 nitrogen and oxygen atoms in total. The number of benzene rings is 1. The summed E-state index contributed by atoms with van der Waals surface area (Å²) in [5.74, 6) is 0.894. The molecule has 16 heavy (non-hydrogen) atoms. The van der Waals surface area contributed by atoms with Crippen molar-refractivity contribution < 1.29 is 13.9 Å². The fourth-order valence-corrected chi connectivity index (χ4v) is 1.60. The predicted molar refractivity (Wildman–Crippen MR) is 60.0 cm³/mol. The maximum atomic E-state index is 11.1. The van der Waals surface area contributed by atoms with Gasteiger partial charge in [-0.25, -0.2) is 4.79 Å². The number of fused-ring (bicyclic) bond motifs is 1. The maximum Gasteiger partial charge on any atom is 0.336 e. The average Bonchev–Trinajstić information content (AvgIpc) is 2.26. The molecule has 0 radical (unpaired) electrons. The van der Waals surface area contributed by atoms with Crippen LogP contribution in [0.3, 0.4) is 0 Å². The van der Waals surface area contributed by atoms with Crippen LogP contribution in [-0.4, -0.2) is 14.2 Å². The molecule has 0 aliphatic carbocycles. The third-order valence-electron chi connectivity index (χ3n) is 2.27. The first-order valence-corrected chi connectivity index (χ1v) is 4.61. The summed E-state index contributed by atoms with van der Waals surface area (Å²) in [4.78, 5) is 11.1. The number of nitrogen functional groups attached to an aromatic ring is 1. The summed E-state index contributed by atoms with van der Waals surface area (Å²) in [6, 6.07) is 4.47. The van der Waals surface area contributed by atoms with E-state index in [9.17, 15) is 4.79 Å². The van der Waals surface area contributed by atoms with Crippen molar-refractivity contribution >= 4 is 16.7 Å². The zero-order chi connectivity index (χ0) is 11.7. The molecular weight excluding hydrogens is 210 g/mol. The number of rotatable bonds is 2. The van der Waals surface area contributed by atoms with Crippen LogP contribution < -0.4 is 20.8 Å². The van der Waals surface area contributed by atoms with E-state index in [0.717, 1.165) is 0 Å². The van der Waals surface area contributed by atoms with Gasteiger partial charge in [-0.2, -0.15) is 0 Å². The summed E-state index contributed by atoms with van der Waals surface area (Å²) in [7, 11) is 3.00. The number of methoxy groups -OCH3 is 2. The van der Waals surface area contributed by atoms with Gasteiger partial charge in [0.1, 0.15) is 5.58 Å². The van der Waals surface area contributed by atoms with Gasteiger partial charge in [-0.05, 0) is 6.07 Å². The second-order valence-corrected chi connectivity index (χ2v) is 3.20. The van der Waals surface area contributed by atoms with E-state index in [1.807, 2.05) is 0 Å². The molecule has 1 heterocycles. The molecule has 0 bridgehead atoms. The van der Waals surface area contributed by atoms with Crippen LogP contribution in [0, 0.1) is 0 Å². The van der Waals surface area contributed by atoms with Crippen molar-refractivity contribution in [3.05, 3.63) is 28.6 Å². The van der Waals surface area contributed by atoms with Crippen LogP contribution in [-0.2, 0) is 0 Å². The van der Waals surface area contributed by atoms with Gasteiger partial charge >= 0.3 is 5.63 Å². The van der Waals surface area contributed by atoms with Crippen molar-refractivity contribution in [2.45, 2.75) is 0 Å². The molecule has 0 unspecified atom stereocenters. The first kappa shape index (κ1) is 10.4. The molecule has 1 aromatic carbocycles. The Labute approximate surface area is 91.4 Å². The zero-order valence-corrected chi connectivity index (χ0v) is 8.94. The molecule has 0 aliphatic rings. The molecule has 0 saturated carbocycles. The van der Waals surface area contributed by atoms with Crippen molar-refractivity contribution in [2.24, 2.45) is 0 Å². The lowest BCUT2D eigenvalue weighted by Crippen LogP contribution is -2.00. The SMILES string of the molecule is COc1c(N)cc2oc(=O)ccc2c1OC. The highest BCUT2D eigenvalue weighted by Gasteiger charge is 2.14. The lowest BCUT2D eigenvalue weighted by Gasteiger charge is -2.11. The summed E-state index contributed by atoms with van der Waals surface area (Å²) < 4.78 is 15.4. The Balaban J connectivity index is 2.90. The molecule has 2 rings (SSSR count). The molecule has 5 heteroatoms. The van der Waals surface area contributed by atoms with E-state index >= 15 is 0 Å². The molecule has 84 valence electrons. The summed E-state index contributed by atoms with van der Waals surface area (Å²) in [6.45, 7) is 0. The minimum atomic E-state index is -0.431. The first-order valence-electron chi connectivity index (χ1n) is 4.61. The van der Waals surface area contributed by atoms with Gasteiger partial charge in [0.2, 0.25) is 0 Å². The average molecular weight is 221 g/mol. The van der Waals surface area contributed by atoms with Crippen LogP contribution >= 0.6 is 0 Å². The molecule has 2 N–H and O–H groups in total. The summed E-state index contributed by atoms with van der Waals surface area (Å²) in [5, 5.41) is 0.646. The van der Waals surface area contributed by atoms with Crippen LogP contribution in [0.15, 0.2) is 27.4 Å². The van der Waals surface area contributed by atoms with E-state index in [1.54, 1.807) is 6.07 Å². The number of hydrogen-bond acceptors (Lipinski definition) is 5. The lowest BCUT2D eigenvalue weighted by molar-refractivity contribution is 0.359. The number of anilines is 1. The highest BCUT2D eigenvalue weighted by molar-refractivity contribution is 5.91. The van der Waals surface area contributed by atoms with Crippen LogP contribution in [0.1, 0.15) is 0 Å². The van der Waals surface area contributed by atoms with E-state index in [0.29, 0.717) is 28.2 Å². The molecule has 1 aromatic heterocycles. The van der Waals surface area contributed by atoms with Crippen molar-refractivity contribution in [3.63, 3.8) is 0 Å². The van der Waals surface area contributed by atoms with Crippen LogP contribution in [0.4, 0.5) is 5.69 Å².